The predicted molar refractivity (Wildman–Crippen MR) is 82.4 cm³/mol. The summed E-state index contributed by atoms with van der Waals surface area (Å²) in [5, 5.41) is 10.9. The van der Waals surface area contributed by atoms with Crippen LogP contribution in [0.25, 0.3) is 0 Å². The number of hydrogen-bond donors (Lipinski definition) is 0. The summed E-state index contributed by atoms with van der Waals surface area (Å²) in [5.41, 5.74) is 1.12. The average molecular weight is 349 g/mol. The number of carbonyl (C=O) groups is 1. The van der Waals surface area contributed by atoms with Crippen molar-refractivity contribution in [1.29, 1.82) is 0 Å². The zero-order valence-electron chi connectivity index (χ0n) is 12.9. The lowest BCUT2D eigenvalue weighted by atomic mass is 10.0. The molecule has 1 aromatic carbocycles. The highest BCUT2D eigenvalue weighted by Crippen LogP contribution is 2.26. The zero-order valence-corrected chi connectivity index (χ0v) is 12.9. The Hall–Kier alpha value is -3.10. The number of ether oxygens (including phenoxy) is 1. The first-order valence-electron chi connectivity index (χ1n) is 7.41. The number of nitro groups is 1. The SMILES string of the molecule is O=C(c1ccccc1OC(F)F)N1CCc2ncc([N+](=O)[O-])cc2C1. The Morgan fingerprint density at radius 3 is 2.84 bits per heavy atom. The van der Waals surface area contributed by atoms with Crippen molar-refractivity contribution in [2.24, 2.45) is 0 Å². The molecule has 130 valence electrons. The van der Waals surface area contributed by atoms with E-state index in [1.54, 1.807) is 6.07 Å². The van der Waals surface area contributed by atoms with E-state index in [4.69, 9.17) is 0 Å². The molecule has 1 amide bonds. The molecule has 2 heterocycles. The van der Waals surface area contributed by atoms with Crippen LogP contribution in [0.5, 0.6) is 5.75 Å². The van der Waals surface area contributed by atoms with E-state index in [0.717, 1.165) is 0 Å². The number of rotatable bonds is 4. The van der Waals surface area contributed by atoms with E-state index in [1.165, 1.54) is 35.4 Å². The molecule has 0 fully saturated rings. The number of para-hydroxylation sites is 1. The molecular formula is C16H13F2N3O4. The minimum atomic E-state index is -3.04. The van der Waals surface area contributed by atoms with Crippen LogP contribution >= 0.6 is 0 Å². The van der Waals surface area contributed by atoms with E-state index in [-0.39, 0.29) is 23.5 Å². The first-order chi connectivity index (χ1) is 12.0. The zero-order chi connectivity index (χ0) is 18.0. The summed E-state index contributed by atoms with van der Waals surface area (Å²) in [5.74, 6) is -0.682. The topological polar surface area (TPSA) is 85.6 Å². The fourth-order valence-corrected chi connectivity index (χ4v) is 2.70. The van der Waals surface area contributed by atoms with E-state index in [9.17, 15) is 23.7 Å². The first-order valence-corrected chi connectivity index (χ1v) is 7.41. The highest BCUT2D eigenvalue weighted by molar-refractivity contribution is 5.97. The molecule has 0 aliphatic carbocycles. The third-order valence-electron chi connectivity index (χ3n) is 3.86. The number of benzene rings is 1. The molecular weight excluding hydrogens is 336 g/mol. The number of pyridine rings is 1. The maximum atomic E-state index is 12.7. The summed E-state index contributed by atoms with van der Waals surface area (Å²) >= 11 is 0. The van der Waals surface area contributed by atoms with E-state index in [2.05, 4.69) is 9.72 Å². The summed E-state index contributed by atoms with van der Waals surface area (Å²) in [6.07, 6.45) is 1.61. The number of amides is 1. The average Bonchev–Trinajstić information content (AvgIpc) is 2.60. The second kappa shape index (κ2) is 6.80. The molecule has 0 unspecified atom stereocenters. The number of fused-ring (bicyclic) bond motifs is 1. The third-order valence-corrected chi connectivity index (χ3v) is 3.86. The predicted octanol–water partition coefficient (Wildman–Crippen LogP) is 2.79. The van der Waals surface area contributed by atoms with Gasteiger partial charge in [0, 0.05) is 31.3 Å². The maximum Gasteiger partial charge on any atom is 0.387 e. The summed E-state index contributed by atoms with van der Waals surface area (Å²) in [6.45, 7) is -2.59. The van der Waals surface area contributed by atoms with Gasteiger partial charge in [-0.2, -0.15) is 8.78 Å². The molecule has 0 radical (unpaired) electrons. The van der Waals surface area contributed by atoms with Gasteiger partial charge in [-0.15, -0.1) is 0 Å². The smallest absolute Gasteiger partial charge is 0.387 e. The van der Waals surface area contributed by atoms with Crippen molar-refractivity contribution in [1.82, 2.24) is 9.88 Å². The molecule has 0 saturated carbocycles. The van der Waals surface area contributed by atoms with Crippen LogP contribution < -0.4 is 4.74 Å². The van der Waals surface area contributed by atoms with Gasteiger partial charge in [0.05, 0.1) is 10.5 Å². The Kier molecular flexibility index (Phi) is 4.55. The van der Waals surface area contributed by atoms with Gasteiger partial charge in [-0.1, -0.05) is 12.1 Å². The van der Waals surface area contributed by atoms with Crippen LogP contribution in [0.15, 0.2) is 36.5 Å². The van der Waals surface area contributed by atoms with E-state index >= 15 is 0 Å². The Morgan fingerprint density at radius 2 is 2.12 bits per heavy atom. The first kappa shape index (κ1) is 16.7. The second-order valence-corrected chi connectivity index (χ2v) is 5.41. The molecule has 1 aromatic heterocycles. The minimum absolute atomic E-state index is 0.0182. The largest absolute Gasteiger partial charge is 0.434 e. The summed E-state index contributed by atoms with van der Waals surface area (Å²) in [4.78, 5) is 28.5. The van der Waals surface area contributed by atoms with Crippen LogP contribution in [-0.4, -0.2) is 33.9 Å². The fraction of sp³-hybridized carbons (Fsp3) is 0.250. The number of halogens is 2. The quantitative estimate of drug-likeness (QED) is 0.626. The van der Waals surface area contributed by atoms with Gasteiger partial charge in [0.25, 0.3) is 11.6 Å². The Bertz CT molecular complexity index is 829. The molecule has 3 rings (SSSR count). The molecule has 2 aromatic rings. The maximum absolute atomic E-state index is 12.7. The molecule has 9 heteroatoms. The van der Waals surface area contributed by atoms with Gasteiger partial charge in [0.1, 0.15) is 11.9 Å². The van der Waals surface area contributed by atoms with E-state index in [0.29, 0.717) is 24.2 Å². The number of alkyl halides is 2. The van der Waals surface area contributed by atoms with Crippen LogP contribution in [0.3, 0.4) is 0 Å². The second-order valence-electron chi connectivity index (χ2n) is 5.41. The number of aromatic nitrogens is 1. The highest BCUT2D eigenvalue weighted by Gasteiger charge is 2.26. The summed E-state index contributed by atoms with van der Waals surface area (Å²) < 4.78 is 29.4. The van der Waals surface area contributed by atoms with E-state index in [1.807, 2.05) is 0 Å². The van der Waals surface area contributed by atoms with Gasteiger partial charge in [-0.05, 0) is 17.7 Å². The molecule has 0 spiro atoms. The van der Waals surface area contributed by atoms with Crippen molar-refractivity contribution in [2.45, 2.75) is 19.6 Å². The fourth-order valence-electron chi connectivity index (χ4n) is 2.70. The lowest BCUT2D eigenvalue weighted by molar-refractivity contribution is -0.385. The molecule has 1 aliphatic rings. The molecule has 0 saturated heterocycles. The number of hydrogen-bond acceptors (Lipinski definition) is 5. The lowest BCUT2D eigenvalue weighted by Crippen LogP contribution is -2.36. The van der Waals surface area contributed by atoms with Crippen molar-refractivity contribution in [2.75, 3.05) is 6.54 Å². The van der Waals surface area contributed by atoms with Crippen molar-refractivity contribution in [3.8, 4) is 5.75 Å². The van der Waals surface area contributed by atoms with Crippen LogP contribution in [-0.2, 0) is 13.0 Å². The van der Waals surface area contributed by atoms with Gasteiger partial charge in [-0.3, -0.25) is 19.9 Å². The Morgan fingerprint density at radius 1 is 1.36 bits per heavy atom. The Balaban J connectivity index is 1.85. The molecule has 25 heavy (non-hydrogen) atoms. The van der Waals surface area contributed by atoms with Crippen molar-refractivity contribution in [3.05, 3.63) is 63.5 Å². The molecule has 1 aliphatic heterocycles. The Labute approximate surface area is 141 Å². The van der Waals surface area contributed by atoms with Crippen LogP contribution in [0.1, 0.15) is 21.6 Å². The molecule has 0 N–H and O–H groups in total. The monoisotopic (exact) mass is 349 g/mol. The molecule has 7 nitrogen and oxygen atoms in total. The van der Waals surface area contributed by atoms with Crippen LogP contribution in [0.4, 0.5) is 14.5 Å². The highest BCUT2D eigenvalue weighted by atomic mass is 19.3. The van der Waals surface area contributed by atoms with Crippen LogP contribution in [0, 0.1) is 10.1 Å². The van der Waals surface area contributed by atoms with Gasteiger partial charge < -0.3 is 9.64 Å². The van der Waals surface area contributed by atoms with Crippen molar-refractivity contribution >= 4 is 11.6 Å². The van der Waals surface area contributed by atoms with Gasteiger partial charge in [0.15, 0.2) is 0 Å². The van der Waals surface area contributed by atoms with Gasteiger partial charge in [-0.25, -0.2) is 0 Å². The van der Waals surface area contributed by atoms with E-state index < -0.39 is 17.4 Å². The normalized spacial score (nSPS) is 13.5. The summed E-state index contributed by atoms with van der Waals surface area (Å²) in [6, 6.07) is 7.12. The minimum Gasteiger partial charge on any atom is -0.434 e. The molecule has 0 bridgehead atoms. The lowest BCUT2D eigenvalue weighted by Gasteiger charge is -2.28. The molecule has 0 atom stereocenters. The van der Waals surface area contributed by atoms with Gasteiger partial charge in [0.2, 0.25) is 0 Å². The van der Waals surface area contributed by atoms with Crippen molar-refractivity contribution < 1.29 is 23.2 Å². The standard InChI is InChI=1S/C16H13F2N3O4/c17-16(18)25-14-4-2-1-3-12(14)15(22)20-6-5-13-10(9-20)7-11(8-19-13)21(23)24/h1-4,7-8,16H,5-6,9H2. The number of nitrogens with zero attached hydrogens (tertiary/aromatic N) is 3. The third kappa shape index (κ3) is 3.54. The van der Waals surface area contributed by atoms with Crippen LogP contribution in [0.2, 0.25) is 0 Å². The number of carbonyl (C=O) groups excluding carboxylic acids is 1. The summed E-state index contributed by atoms with van der Waals surface area (Å²) in [7, 11) is 0. The van der Waals surface area contributed by atoms with Crippen molar-refractivity contribution in [3.63, 3.8) is 0 Å². The van der Waals surface area contributed by atoms with Gasteiger partial charge >= 0.3 is 6.61 Å².